The minimum Gasteiger partial charge on any atom is -1.00 e. The molecular formula is C61H83BrNO10P. The number of ether oxygens (including phenoxy) is 8. The van der Waals surface area contributed by atoms with Crippen LogP contribution in [-0.2, 0) is 47.5 Å². The second-order valence-electron chi connectivity index (χ2n) is 21.9. The first-order valence-corrected chi connectivity index (χ1v) is 29.5. The lowest BCUT2D eigenvalue weighted by Gasteiger charge is -2.44. The summed E-state index contributed by atoms with van der Waals surface area (Å²) in [5.41, 5.74) is 0.756. The van der Waals surface area contributed by atoms with Crippen LogP contribution in [0.3, 0.4) is 0 Å². The van der Waals surface area contributed by atoms with E-state index in [0.29, 0.717) is 6.42 Å². The van der Waals surface area contributed by atoms with E-state index in [1.165, 1.54) is 15.9 Å². The molecular weight excluding hydrogens is 1020 g/mol. The summed E-state index contributed by atoms with van der Waals surface area (Å²) in [7, 11) is 5.31. The SMILES string of the molecule is CC[C@H]1CCC[C@H](O[C@H]2CC[C@H](N(C)CCC[P+](c3ccccc3)(c3ccccc3)c3ccccc3)[C@@H](C)O2)[C@@H](C)C(=O)C2=C[C@@H]3[C@@H](C=C[C@@H]4C[C@@H](O[C@@H]5O[C@@H](C)[C@H](OC)[C@@H](OC)[C@H]5OC)C[C@@H]34)[C@@H]2CC(=O)O1.[Br-]. The highest BCUT2D eigenvalue weighted by Crippen LogP contribution is 2.57. The maximum atomic E-state index is 15.1. The summed E-state index contributed by atoms with van der Waals surface area (Å²) < 4.78 is 50.7. The zero-order valence-electron chi connectivity index (χ0n) is 45.0. The van der Waals surface area contributed by atoms with Gasteiger partial charge in [0.1, 0.15) is 47.6 Å². The zero-order chi connectivity index (χ0) is 51.2. The molecule has 4 fully saturated rings. The van der Waals surface area contributed by atoms with Gasteiger partial charge in [0.25, 0.3) is 0 Å². The van der Waals surface area contributed by atoms with Crippen molar-refractivity contribution in [3.63, 3.8) is 0 Å². The van der Waals surface area contributed by atoms with Crippen LogP contribution in [0.4, 0.5) is 0 Å². The van der Waals surface area contributed by atoms with Crippen LogP contribution in [0.5, 0.6) is 0 Å². The topological polar surface area (TPSA) is 111 Å². The van der Waals surface area contributed by atoms with Crippen molar-refractivity contribution in [2.75, 3.05) is 41.1 Å². The number of cyclic esters (lactones) is 1. The third-order valence-corrected chi connectivity index (χ3v) is 22.3. The molecule has 1 saturated carbocycles. The van der Waals surface area contributed by atoms with Crippen molar-refractivity contribution < 1.29 is 64.5 Å². The maximum Gasteiger partial charge on any atom is 0.306 e. The van der Waals surface area contributed by atoms with Crippen LogP contribution < -0.4 is 32.9 Å². The molecule has 404 valence electrons. The minimum absolute atomic E-state index is 0. The van der Waals surface area contributed by atoms with Gasteiger partial charge in [-0.05, 0) is 144 Å². The Morgan fingerprint density at radius 1 is 0.703 bits per heavy atom. The van der Waals surface area contributed by atoms with Crippen molar-refractivity contribution in [3.8, 4) is 0 Å². The normalized spacial score (nSPS) is 35.6. The van der Waals surface area contributed by atoms with Crippen LogP contribution in [0.25, 0.3) is 0 Å². The molecule has 0 unspecified atom stereocenters. The summed E-state index contributed by atoms with van der Waals surface area (Å²) >= 11 is 0. The molecule has 13 heteroatoms. The van der Waals surface area contributed by atoms with Gasteiger partial charge in [-0.3, -0.25) is 9.59 Å². The van der Waals surface area contributed by atoms with Gasteiger partial charge in [0.05, 0.1) is 37.0 Å². The molecule has 9 rings (SSSR count). The fourth-order valence-corrected chi connectivity index (χ4v) is 18.2. The van der Waals surface area contributed by atoms with Crippen LogP contribution in [0.2, 0.25) is 0 Å². The number of fused-ring (bicyclic) bond motifs is 5. The molecule has 0 radical (unpaired) electrons. The highest BCUT2D eigenvalue weighted by Gasteiger charge is 2.53. The summed E-state index contributed by atoms with van der Waals surface area (Å²) in [6, 6.07) is 33.7. The van der Waals surface area contributed by atoms with Gasteiger partial charge in [-0.1, -0.05) is 86.7 Å². The monoisotopic (exact) mass is 1100 g/mol. The van der Waals surface area contributed by atoms with E-state index in [4.69, 9.17) is 37.9 Å². The van der Waals surface area contributed by atoms with Gasteiger partial charge in [-0.15, -0.1) is 0 Å². The van der Waals surface area contributed by atoms with E-state index in [1.54, 1.807) is 21.3 Å². The van der Waals surface area contributed by atoms with E-state index in [-0.39, 0.29) is 114 Å². The van der Waals surface area contributed by atoms with Crippen LogP contribution in [0.15, 0.2) is 115 Å². The van der Waals surface area contributed by atoms with Crippen molar-refractivity contribution in [2.24, 2.45) is 35.5 Å². The van der Waals surface area contributed by atoms with Gasteiger partial charge in [0.2, 0.25) is 0 Å². The summed E-state index contributed by atoms with van der Waals surface area (Å²) in [6.45, 7) is 9.23. The van der Waals surface area contributed by atoms with Gasteiger partial charge in [-0.2, -0.15) is 0 Å². The lowest BCUT2D eigenvalue weighted by Crippen LogP contribution is -3.00. The second-order valence-corrected chi connectivity index (χ2v) is 25.5. The Labute approximate surface area is 452 Å². The molecule has 17 atom stereocenters. The standard InChI is InChI=1S/C61H83NO10P.BrH/c1-9-43-21-19-28-54(72-56-32-31-53(40(3)68-56)62(5)33-20-34-73(45-22-13-10-14-23-45,46-24-15-11-16-25-46)47-26-17-12-18-27-47)39(2)57(64)52-37-50-48(51(52)38-55(63)70-43)30-29-42-35-44(36-49(42)50)71-61-60(67-8)59(66-7)58(65-6)41(4)69-61;/h10-18,22-27,29-30,37,39-44,48-51,53-54,56,58-61H,9,19-21,28,31-36,38H2,1-8H3;1H/q+1;/p-1/t39-,40-,41+,42-,43+,44-,48-,49-,50-,51+,53+,54+,56+,58+,59-,60-,61+;/m1./s1. The maximum absolute atomic E-state index is 15.1. The Balaban J connectivity index is 0.00000729. The van der Waals surface area contributed by atoms with Crippen molar-refractivity contribution in [1.82, 2.24) is 4.90 Å². The average molecular weight is 1100 g/mol. The lowest BCUT2D eigenvalue weighted by molar-refractivity contribution is -0.314. The first-order valence-electron chi connectivity index (χ1n) is 27.6. The first kappa shape index (κ1) is 57.1. The van der Waals surface area contributed by atoms with Crippen LogP contribution in [0.1, 0.15) is 91.9 Å². The smallest absolute Gasteiger partial charge is 0.306 e. The van der Waals surface area contributed by atoms with Crippen LogP contribution in [0, 0.1) is 35.5 Å². The van der Waals surface area contributed by atoms with Gasteiger partial charge in [-0.25, -0.2) is 0 Å². The molecule has 0 N–H and O–H groups in total. The van der Waals surface area contributed by atoms with Crippen molar-refractivity contribution in [3.05, 3.63) is 115 Å². The Kier molecular flexibility index (Phi) is 20.1. The van der Waals surface area contributed by atoms with E-state index in [1.807, 2.05) is 13.8 Å². The molecule has 0 bridgehead atoms. The van der Waals surface area contributed by atoms with Crippen LogP contribution >= 0.6 is 7.26 Å². The number of carbonyl (C=O) groups is 2. The molecule has 3 saturated heterocycles. The number of likely N-dealkylation sites (N-methyl/N-ethyl adjacent to an activating group) is 1. The Bertz CT molecular complexity index is 2230. The van der Waals surface area contributed by atoms with Crippen molar-refractivity contribution in [2.45, 2.75) is 159 Å². The minimum atomic E-state index is -1.93. The van der Waals surface area contributed by atoms with Gasteiger partial charge in [0.15, 0.2) is 18.4 Å². The second kappa shape index (κ2) is 26.0. The summed E-state index contributed by atoms with van der Waals surface area (Å²) in [5.74, 6) is -0.176. The number of methoxy groups -OCH3 is 3. The third kappa shape index (κ3) is 12.1. The van der Waals surface area contributed by atoms with Crippen LogP contribution in [-0.4, -0.2) is 125 Å². The number of hydrogen-bond acceptors (Lipinski definition) is 11. The number of carbonyl (C=O) groups excluding carboxylic acids is 2. The molecule has 3 aromatic rings. The predicted octanol–water partition coefficient (Wildman–Crippen LogP) is 6.25. The molecule has 3 aliphatic carbocycles. The number of halogens is 1. The average Bonchev–Trinajstić information content (AvgIpc) is 4.00. The molecule has 0 aromatic heterocycles. The molecule has 11 nitrogen and oxygen atoms in total. The third-order valence-electron chi connectivity index (χ3n) is 17.8. The fraction of sp³-hybridized carbons (Fsp3) is 0.607. The number of esters is 1. The molecule has 3 aliphatic heterocycles. The number of allylic oxidation sites excluding steroid dienone is 4. The Morgan fingerprint density at radius 3 is 1.93 bits per heavy atom. The van der Waals surface area contributed by atoms with E-state index < -0.39 is 31.9 Å². The number of rotatable bonds is 16. The van der Waals surface area contributed by atoms with Crippen molar-refractivity contribution in [1.29, 1.82) is 0 Å². The number of hydrogen-bond donors (Lipinski definition) is 0. The fourth-order valence-electron chi connectivity index (χ4n) is 13.9. The number of Topliss-reactive ketones (excluding diaryl/α,β-unsaturated/α-hetero) is 1. The quantitative estimate of drug-likeness (QED) is 0.0924. The molecule has 3 heterocycles. The lowest BCUT2D eigenvalue weighted by atomic mass is 9.70. The predicted molar refractivity (Wildman–Crippen MR) is 288 cm³/mol. The van der Waals surface area contributed by atoms with E-state index >= 15 is 4.79 Å². The van der Waals surface area contributed by atoms with E-state index in [2.05, 4.69) is 135 Å². The number of benzene rings is 3. The zero-order valence-corrected chi connectivity index (χ0v) is 47.5. The Hall–Kier alpha value is -3.13. The van der Waals surface area contributed by atoms with E-state index in [9.17, 15) is 4.79 Å². The largest absolute Gasteiger partial charge is 1.00 e. The van der Waals surface area contributed by atoms with Gasteiger partial charge >= 0.3 is 5.97 Å². The van der Waals surface area contributed by atoms with Crippen molar-refractivity contribution >= 4 is 34.9 Å². The molecule has 0 spiro atoms. The van der Waals surface area contributed by atoms with Gasteiger partial charge in [0, 0.05) is 45.8 Å². The van der Waals surface area contributed by atoms with Gasteiger partial charge < -0.3 is 59.8 Å². The summed E-state index contributed by atoms with van der Waals surface area (Å²) in [4.78, 5) is 31.4. The summed E-state index contributed by atoms with van der Waals surface area (Å²) in [6.07, 6.45) is 12.4. The highest BCUT2D eigenvalue weighted by atomic mass is 79.9. The van der Waals surface area contributed by atoms with E-state index in [0.717, 1.165) is 69.6 Å². The molecule has 3 aromatic carbocycles. The highest BCUT2D eigenvalue weighted by molar-refractivity contribution is 7.95. The molecule has 0 amide bonds. The molecule has 6 aliphatic rings. The summed E-state index contributed by atoms with van der Waals surface area (Å²) in [5, 5.41) is 4.24. The molecule has 74 heavy (non-hydrogen) atoms. The number of nitrogens with zero attached hydrogens (tertiary/aromatic N) is 1. The number of ketones is 1. The first-order chi connectivity index (χ1) is 35.5. The Morgan fingerprint density at radius 2 is 1.34 bits per heavy atom.